The second-order valence-corrected chi connectivity index (χ2v) is 8.02. The number of rotatable bonds is 8. The second kappa shape index (κ2) is 9.54. The first-order valence-corrected chi connectivity index (χ1v) is 10.2. The van der Waals surface area contributed by atoms with Crippen molar-refractivity contribution in [2.45, 2.75) is 32.3 Å². The maximum atomic E-state index is 12.4. The second-order valence-electron chi connectivity index (χ2n) is 6.73. The lowest BCUT2D eigenvalue weighted by Crippen LogP contribution is -2.09. The summed E-state index contributed by atoms with van der Waals surface area (Å²) >= 11 is 9.45. The minimum absolute atomic E-state index is 0.189. The van der Waals surface area contributed by atoms with E-state index in [4.69, 9.17) is 16.3 Å². The van der Waals surface area contributed by atoms with E-state index in [1.807, 2.05) is 42.5 Å². The molecule has 0 saturated carbocycles. The standard InChI is InChI=1S/C21H23BrClNO2/c22-20-12-18(23)8-7-17(20)14-26-19-5-2-4-16(11-19)21(25)6-1-3-15-9-10-24-13-15/h2,4-5,7-8,11-12,15,24H,1,3,6,9-10,13-14H2. The average Bonchev–Trinajstić information content (AvgIpc) is 3.14. The number of nitrogens with one attached hydrogen (secondary N) is 1. The minimum atomic E-state index is 0.189. The van der Waals surface area contributed by atoms with Crippen LogP contribution in [0.5, 0.6) is 5.75 Å². The third kappa shape index (κ3) is 5.57. The molecule has 1 unspecified atom stereocenters. The van der Waals surface area contributed by atoms with E-state index >= 15 is 0 Å². The molecule has 0 bridgehead atoms. The van der Waals surface area contributed by atoms with Crippen LogP contribution in [0.15, 0.2) is 46.9 Å². The van der Waals surface area contributed by atoms with Gasteiger partial charge in [0.1, 0.15) is 12.4 Å². The molecule has 0 aromatic heterocycles. The highest BCUT2D eigenvalue weighted by Gasteiger charge is 2.15. The van der Waals surface area contributed by atoms with Crippen LogP contribution in [0.3, 0.4) is 0 Å². The summed E-state index contributed by atoms with van der Waals surface area (Å²) < 4.78 is 6.77. The Balaban J connectivity index is 1.52. The molecule has 138 valence electrons. The number of hydrogen-bond donors (Lipinski definition) is 1. The lowest BCUT2D eigenvalue weighted by atomic mass is 9.98. The van der Waals surface area contributed by atoms with E-state index < -0.39 is 0 Å². The van der Waals surface area contributed by atoms with Crippen molar-refractivity contribution in [1.29, 1.82) is 0 Å². The predicted molar refractivity (Wildman–Crippen MR) is 109 cm³/mol. The topological polar surface area (TPSA) is 38.3 Å². The summed E-state index contributed by atoms with van der Waals surface area (Å²) in [5, 5.41) is 4.05. The number of carbonyl (C=O) groups is 1. The summed E-state index contributed by atoms with van der Waals surface area (Å²) in [5.41, 5.74) is 1.73. The number of hydrogen-bond acceptors (Lipinski definition) is 3. The van der Waals surface area contributed by atoms with Crippen molar-refractivity contribution in [3.63, 3.8) is 0 Å². The fraction of sp³-hybridized carbons (Fsp3) is 0.381. The van der Waals surface area contributed by atoms with Crippen LogP contribution in [-0.2, 0) is 6.61 Å². The Bertz CT molecular complexity index is 759. The fourth-order valence-corrected chi connectivity index (χ4v) is 4.01. The van der Waals surface area contributed by atoms with Crippen LogP contribution in [-0.4, -0.2) is 18.9 Å². The molecule has 26 heavy (non-hydrogen) atoms. The van der Waals surface area contributed by atoms with Crippen molar-refractivity contribution in [2.75, 3.05) is 13.1 Å². The van der Waals surface area contributed by atoms with Gasteiger partial charge in [0.2, 0.25) is 0 Å². The highest BCUT2D eigenvalue weighted by atomic mass is 79.9. The molecule has 1 aliphatic rings. The average molecular weight is 437 g/mol. The maximum Gasteiger partial charge on any atom is 0.163 e. The van der Waals surface area contributed by atoms with E-state index in [9.17, 15) is 4.79 Å². The smallest absolute Gasteiger partial charge is 0.163 e. The zero-order chi connectivity index (χ0) is 18.4. The predicted octanol–water partition coefficient (Wildman–Crippen LogP) is 5.64. The number of benzene rings is 2. The van der Waals surface area contributed by atoms with Gasteiger partial charge in [0.05, 0.1) is 0 Å². The van der Waals surface area contributed by atoms with E-state index in [1.54, 1.807) is 0 Å². The van der Waals surface area contributed by atoms with Crippen LogP contribution in [0.25, 0.3) is 0 Å². The van der Waals surface area contributed by atoms with Crippen molar-refractivity contribution >= 4 is 33.3 Å². The van der Waals surface area contributed by atoms with Crippen molar-refractivity contribution in [3.8, 4) is 5.75 Å². The molecule has 5 heteroatoms. The quantitative estimate of drug-likeness (QED) is 0.544. The number of ketones is 1. The Morgan fingerprint density at radius 3 is 2.92 bits per heavy atom. The minimum Gasteiger partial charge on any atom is -0.489 e. The van der Waals surface area contributed by atoms with Gasteiger partial charge in [0.25, 0.3) is 0 Å². The Labute approximate surface area is 168 Å². The molecular formula is C21H23BrClNO2. The van der Waals surface area contributed by atoms with Gasteiger partial charge in [0.15, 0.2) is 5.78 Å². The van der Waals surface area contributed by atoms with Gasteiger partial charge in [-0.25, -0.2) is 0 Å². The van der Waals surface area contributed by atoms with Gasteiger partial charge in [-0.15, -0.1) is 0 Å². The summed E-state index contributed by atoms with van der Waals surface area (Å²) in [7, 11) is 0. The van der Waals surface area contributed by atoms with Gasteiger partial charge in [0, 0.05) is 27.0 Å². The molecule has 1 fully saturated rings. The van der Waals surface area contributed by atoms with Crippen LogP contribution in [0, 0.1) is 5.92 Å². The van der Waals surface area contributed by atoms with Gasteiger partial charge in [-0.1, -0.05) is 45.7 Å². The number of halogens is 2. The van der Waals surface area contributed by atoms with Crippen molar-refractivity contribution < 1.29 is 9.53 Å². The first-order valence-electron chi connectivity index (χ1n) is 9.02. The molecule has 0 amide bonds. The molecule has 3 nitrogen and oxygen atoms in total. The summed E-state index contributed by atoms with van der Waals surface area (Å²) in [6.07, 6.45) is 3.91. The molecule has 1 atom stereocenters. The highest BCUT2D eigenvalue weighted by Crippen LogP contribution is 2.24. The summed E-state index contributed by atoms with van der Waals surface area (Å²) in [6.45, 7) is 2.63. The maximum absolute atomic E-state index is 12.4. The first-order chi connectivity index (χ1) is 12.6. The van der Waals surface area contributed by atoms with Crippen LogP contribution >= 0.6 is 27.5 Å². The highest BCUT2D eigenvalue weighted by molar-refractivity contribution is 9.10. The zero-order valence-corrected chi connectivity index (χ0v) is 17.0. The first kappa shape index (κ1) is 19.4. The zero-order valence-electron chi connectivity index (χ0n) is 14.6. The third-order valence-electron chi connectivity index (χ3n) is 4.74. The van der Waals surface area contributed by atoms with E-state index in [0.717, 1.165) is 47.4 Å². The molecule has 2 aromatic carbocycles. The van der Waals surface area contributed by atoms with E-state index in [1.165, 1.54) is 6.42 Å². The van der Waals surface area contributed by atoms with Crippen LogP contribution in [0.4, 0.5) is 0 Å². The molecule has 0 aliphatic carbocycles. The van der Waals surface area contributed by atoms with Crippen molar-refractivity contribution in [1.82, 2.24) is 5.32 Å². The molecule has 2 aromatic rings. The van der Waals surface area contributed by atoms with Crippen molar-refractivity contribution in [3.05, 3.63) is 63.1 Å². The van der Waals surface area contributed by atoms with Gasteiger partial charge in [-0.05, 0) is 62.5 Å². The van der Waals surface area contributed by atoms with Gasteiger partial charge in [-0.2, -0.15) is 0 Å². The molecule has 3 rings (SSSR count). The normalized spacial score (nSPS) is 16.6. The van der Waals surface area contributed by atoms with Crippen molar-refractivity contribution in [2.24, 2.45) is 5.92 Å². The molecule has 0 radical (unpaired) electrons. The Hall–Kier alpha value is -1.36. The molecule has 1 aliphatic heterocycles. The van der Waals surface area contributed by atoms with Gasteiger partial charge < -0.3 is 10.1 Å². The molecule has 1 heterocycles. The van der Waals surface area contributed by atoms with Crippen LogP contribution < -0.4 is 10.1 Å². The molecular weight excluding hydrogens is 414 g/mol. The number of carbonyl (C=O) groups excluding carboxylic acids is 1. The monoisotopic (exact) mass is 435 g/mol. The molecule has 1 saturated heterocycles. The number of Topliss-reactive ketones (excluding diaryl/α,β-unsaturated/α-hetero) is 1. The Morgan fingerprint density at radius 1 is 1.27 bits per heavy atom. The van der Waals surface area contributed by atoms with Gasteiger partial charge >= 0.3 is 0 Å². The largest absolute Gasteiger partial charge is 0.489 e. The fourth-order valence-electron chi connectivity index (χ4n) is 3.22. The number of ether oxygens (including phenoxy) is 1. The molecule has 0 spiro atoms. The van der Waals surface area contributed by atoms with E-state index in [-0.39, 0.29) is 5.78 Å². The lowest BCUT2D eigenvalue weighted by Gasteiger charge is -2.10. The third-order valence-corrected chi connectivity index (χ3v) is 5.72. The van der Waals surface area contributed by atoms with E-state index in [0.29, 0.717) is 23.8 Å². The Kier molecular flexibility index (Phi) is 7.12. The van der Waals surface area contributed by atoms with Crippen LogP contribution in [0.2, 0.25) is 5.02 Å². The van der Waals surface area contributed by atoms with Crippen LogP contribution in [0.1, 0.15) is 41.6 Å². The summed E-state index contributed by atoms with van der Waals surface area (Å²) in [6, 6.07) is 13.1. The molecule has 1 N–H and O–H groups in total. The Morgan fingerprint density at radius 2 is 2.15 bits per heavy atom. The summed E-state index contributed by atoms with van der Waals surface area (Å²) in [5.74, 6) is 1.63. The van der Waals surface area contributed by atoms with E-state index in [2.05, 4.69) is 21.2 Å². The summed E-state index contributed by atoms with van der Waals surface area (Å²) in [4.78, 5) is 12.4. The SMILES string of the molecule is O=C(CCCC1CCNC1)c1cccc(OCc2ccc(Cl)cc2Br)c1. The lowest BCUT2D eigenvalue weighted by molar-refractivity contribution is 0.0977. The van der Waals surface area contributed by atoms with Gasteiger partial charge in [-0.3, -0.25) is 4.79 Å².